The first-order chi connectivity index (χ1) is 8.58. The van der Waals surface area contributed by atoms with Crippen molar-refractivity contribution in [3.8, 4) is 0 Å². The maximum Gasteiger partial charge on any atom is 0.160 e. The summed E-state index contributed by atoms with van der Waals surface area (Å²) in [5, 5.41) is 7.95. The summed E-state index contributed by atoms with van der Waals surface area (Å²) >= 11 is 0. The van der Waals surface area contributed by atoms with Crippen LogP contribution in [-0.4, -0.2) is 28.9 Å². The van der Waals surface area contributed by atoms with Crippen molar-refractivity contribution in [1.82, 2.24) is 14.8 Å². The maximum absolute atomic E-state index is 12.2. The Morgan fingerprint density at radius 1 is 1.22 bits per heavy atom. The summed E-state index contributed by atoms with van der Waals surface area (Å²) in [5.41, 5.74) is 0. The van der Waals surface area contributed by atoms with Crippen molar-refractivity contribution >= 4 is 9.84 Å². The molecule has 0 radical (unpaired) electrons. The van der Waals surface area contributed by atoms with Crippen LogP contribution in [0.15, 0.2) is 0 Å². The molecule has 1 saturated heterocycles. The van der Waals surface area contributed by atoms with Gasteiger partial charge in [0.25, 0.3) is 0 Å². The van der Waals surface area contributed by atoms with E-state index in [-0.39, 0.29) is 0 Å². The van der Waals surface area contributed by atoms with Gasteiger partial charge in [0.1, 0.15) is 11.1 Å². The number of hydrogen-bond acceptors (Lipinski definition) is 4. The molecule has 3 rings (SSSR count). The summed E-state index contributed by atoms with van der Waals surface area (Å²) in [4.78, 5) is 0. The Balaban J connectivity index is 2.00. The lowest BCUT2D eigenvalue weighted by atomic mass is 10.0. The summed E-state index contributed by atoms with van der Waals surface area (Å²) in [6, 6.07) is 0. The molecule has 0 N–H and O–H groups in total. The van der Waals surface area contributed by atoms with Gasteiger partial charge in [-0.1, -0.05) is 13.3 Å². The highest BCUT2D eigenvalue weighted by atomic mass is 32.2. The van der Waals surface area contributed by atoms with Gasteiger partial charge in [0.2, 0.25) is 0 Å². The molecule has 2 unspecified atom stereocenters. The van der Waals surface area contributed by atoms with Gasteiger partial charge in [-0.25, -0.2) is 8.42 Å². The van der Waals surface area contributed by atoms with E-state index in [0.717, 1.165) is 38.1 Å². The summed E-state index contributed by atoms with van der Waals surface area (Å²) in [5.74, 6) is 2.54. The summed E-state index contributed by atoms with van der Waals surface area (Å²) < 4.78 is 26.4. The van der Waals surface area contributed by atoms with Gasteiger partial charge in [-0.15, -0.1) is 10.2 Å². The molecule has 100 valence electrons. The van der Waals surface area contributed by atoms with Crippen LogP contribution in [0.4, 0.5) is 0 Å². The molecule has 1 aromatic heterocycles. The Kier molecular flexibility index (Phi) is 2.92. The van der Waals surface area contributed by atoms with Crippen LogP contribution in [0.3, 0.4) is 0 Å². The molecule has 0 saturated carbocycles. The van der Waals surface area contributed by atoms with Gasteiger partial charge in [-0.05, 0) is 25.2 Å². The first-order valence-electron chi connectivity index (χ1n) is 6.71. The molecule has 6 heteroatoms. The molecule has 3 heterocycles. The number of nitrogens with zero attached hydrogens (tertiary/aromatic N) is 3. The molecule has 1 aromatic rings. The number of aromatic nitrogens is 3. The predicted molar refractivity (Wildman–Crippen MR) is 67.9 cm³/mol. The van der Waals surface area contributed by atoms with Gasteiger partial charge in [0.15, 0.2) is 15.7 Å². The van der Waals surface area contributed by atoms with E-state index >= 15 is 0 Å². The van der Waals surface area contributed by atoms with Gasteiger partial charge in [-0.3, -0.25) is 0 Å². The van der Waals surface area contributed by atoms with Crippen molar-refractivity contribution < 1.29 is 8.42 Å². The maximum atomic E-state index is 12.2. The minimum Gasteiger partial charge on any atom is -0.314 e. The van der Waals surface area contributed by atoms with E-state index in [2.05, 4.69) is 21.7 Å². The van der Waals surface area contributed by atoms with E-state index in [4.69, 9.17) is 0 Å². The highest BCUT2D eigenvalue weighted by Gasteiger charge is 2.35. The van der Waals surface area contributed by atoms with Crippen molar-refractivity contribution in [3.05, 3.63) is 11.6 Å². The second-order valence-electron chi connectivity index (χ2n) is 5.58. The number of fused-ring (bicyclic) bond motifs is 1. The van der Waals surface area contributed by atoms with Crippen molar-refractivity contribution in [2.24, 2.45) is 5.92 Å². The molecule has 0 aromatic carbocycles. The van der Waals surface area contributed by atoms with Gasteiger partial charge in [0.05, 0.1) is 5.75 Å². The zero-order valence-corrected chi connectivity index (χ0v) is 11.5. The second-order valence-corrected chi connectivity index (χ2v) is 7.88. The molecular weight excluding hydrogens is 250 g/mol. The van der Waals surface area contributed by atoms with E-state index in [0.29, 0.717) is 23.9 Å². The topological polar surface area (TPSA) is 64.8 Å². The molecule has 1 fully saturated rings. The van der Waals surface area contributed by atoms with Gasteiger partial charge in [-0.2, -0.15) is 0 Å². The van der Waals surface area contributed by atoms with Crippen LogP contribution in [0, 0.1) is 5.92 Å². The van der Waals surface area contributed by atoms with E-state index in [1.54, 1.807) is 0 Å². The van der Waals surface area contributed by atoms with Crippen LogP contribution >= 0.6 is 0 Å². The lowest BCUT2D eigenvalue weighted by Gasteiger charge is -2.25. The third kappa shape index (κ3) is 1.96. The van der Waals surface area contributed by atoms with Crippen molar-refractivity contribution in [2.75, 3.05) is 5.75 Å². The van der Waals surface area contributed by atoms with E-state index in [9.17, 15) is 8.42 Å². The molecule has 2 aliphatic heterocycles. The molecule has 2 aliphatic rings. The van der Waals surface area contributed by atoms with Crippen molar-refractivity contribution in [3.63, 3.8) is 0 Å². The summed E-state index contributed by atoms with van der Waals surface area (Å²) in [6.07, 6.45) is 4.50. The molecular formula is C12H19N3O2S. The normalized spacial score (nSPS) is 30.9. The zero-order valence-electron chi connectivity index (χ0n) is 10.7. The third-order valence-corrected chi connectivity index (χ3v) is 6.25. The Morgan fingerprint density at radius 3 is 2.83 bits per heavy atom. The van der Waals surface area contributed by atoms with Crippen molar-refractivity contribution in [2.45, 2.75) is 50.8 Å². The quantitative estimate of drug-likeness (QED) is 0.775. The molecule has 0 amide bonds. The monoisotopic (exact) mass is 269 g/mol. The summed E-state index contributed by atoms with van der Waals surface area (Å²) in [6.45, 7) is 3.06. The van der Waals surface area contributed by atoms with Gasteiger partial charge >= 0.3 is 0 Å². The Bertz CT molecular complexity index is 550. The summed E-state index contributed by atoms with van der Waals surface area (Å²) in [7, 11) is -3.02. The van der Waals surface area contributed by atoms with E-state index < -0.39 is 15.1 Å². The molecule has 0 aliphatic carbocycles. The largest absolute Gasteiger partial charge is 0.314 e. The zero-order chi connectivity index (χ0) is 12.8. The average Bonchev–Trinajstić information content (AvgIpc) is 2.71. The number of rotatable bonds is 1. The van der Waals surface area contributed by atoms with Crippen LogP contribution in [0.25, 0.3) is 0 Å². The molecule has 5 nitrogen and oxygen atoms in total. The Labute approximate surface area is 108 Å². The Hall–Kier alpha value is -0.910. The third-order valence-electron chi connectivity index (χ3n) is 4.08. The minimum atomic E-state index is -3.02. The first kappa shape index (κ1) is 12.1. The smallest absolute Gasteiger partial charge is 0.160 e. The predicted octanol–water partition coefficient (Wildman–Crippen LogP) is 1.50. The standard InChI is InChI=1S/C12H19N3O2S/c1-9-5-6-11-13-14-12(15(11)8-9)10-4-2-3-7-18(10,16)17/h9-10H,2-8H2,1H3. The van der Waals surface area contributed by atoms with Gasteiger partial charge in [0, 0.05) is 13.0 Å². The van der Waals surface area contributed by atoms with Crippen LogP contribution in [0.2, 0.25) is 0 Å². The number of hydrogen-bond donors (Lipinski definition) is 0. The molecule has 0 bridgehead atoms. The first-order valence-corrected chi connectivity index (χ1v) is 8.43. The van der Waals surface area contributed by atoms with Crippen LogP contribution in [0.1, 0.15) is 49.5 Å². The van der Waals surface area contributed by atoms with E-state index in [1.165, 1.54) is 0 Å². The van der Waals surface area contributed by atoms with Crippen molar-refractivity contribution in [1.29, 1.82) is 0 Å². The van der Waals surface area contributed by atoms with Crippen LogP contribution in [-0.2, 0) is 22.8 Å². The number of aryl methyl sites for hydroxylation is 1. The van der Waals surface area contributed by atoms with Gasteiger partial charge < -0.3 is 4.57 Å². The Morgan fingerprint density at radius 2 is 2.06 bits per heavy atom. The fourth-order valence-corrected chi connectivity index (χ4v) is 4.91. The molecule has 2 atom stereocenters. The highest BCUT2D eigenvalue weighted by Crippen LogP contribution is 2.34. The fourth-order valence-electron chi connectivity index (χ4n) is 2.99. The average molecular weight is 269 g/mol. The fraction of sp³-hybridized carbons (Fsp3) is 0.833. The van der Waals surface area contributed by atoms with E-state index in [1.807, 2.05) is 0 Å². The molecule has 0 spiro atoms. The lowest BCUT2D eigenvalue weighted by Crippen LogP contribution is -2.27. The SMILES string of the molecule is CC1CCc2nnc(C3CCCCS3(=O)=O)n2C1. The van der Waals surface area contributed by atoms with Crippen LogP contribution < -0.4 is 0 Å². The minimum absolute atomic E-state index is 0.301. The van der Waals surface area contributed by atoms with Crippen LogP contribution in [0.5, 0.6) is 0 Å². The highest BCUT2D eigenvalue weighted by molar-refractivity contribution is 7.91. The number of sulfone groups is 1. The second kappa shape index (κ2) is 4.33. The molecule has 18 heavy (non-hydrogen) atoms. The lowest BCUT2D eigenvalue weighted by molar-refractivity contribution is 0.382.